The molecule has 0 aromatic carbocycles. The first-order valence-corrected chi connectivity index (χ1v) is 5.93. The third-order valence-corrected chi connectivity index (χ3v) is 2.54. The number of hydrogen-bond acceptors (Lipinski definition) is 4. The van der Waals surface area contributed by atoms with Crippen LogP contribution in [0.3, 0.4) is 0 Å². The maximum Gasteiger partial charge on any atom is 0.358 e. The molecule has 1 N–H and O–H groups in total. The number of rotatable bonds is 5. The lowest BCUT2D eigenvalue weighted by Crippen LogP contribution is -2.07. The fraction of sp³-hybridized carbons (Fsp3) is 0.308. The molecular formula is C13H15N3O3. The van der Waals surface area contributed by atoms with Crippen LogP contribution in [0.2, 0.25) is 0 Å². The Labute approximate surface area is 110 Å². The zero-order valence-corrected chi connectivity index (χ0v) is 10.8. The van der Waals surface area contributed by atoms with Crippen molar-refractivity contribution in [3.8, 4) is 5.75 Å². The summed E-state index contributed by atoms with van der Waals surface area (Å²) in [6.07, 6.45) is 3.29. The average molecular weight is 261 g/mol. The number of carboxylic acid groups (broad SMARTS) is 1. The van der Waals surface area contributed by atoms with E-state index in [1.165, 1.54) is 6.20 Å². The minimum atomic E-state index is -1.11. The van der Waals surface area contributed by atoms with Crippen molar-refractivity contribution in [2.75, 3.05) is 0 Å². The summed E-state index contributed by atoms with van der Waals surface area (Å²) < 4.78 is 7.28. The zero-order valence-electron chi connectivity index (χ0n) is 10.8. The summed E-state index contributed by atoms with van der Waals surface area (Å²) in [5, 5.41) is 13.3. The molecule has 0 unspecified atom stereocenters. The number of carboxylic acids is 1. The highest BCUT2D eigenvalue weighted by atomic mass is 16.5. The Morgan fingerprint density at radius 3 is 2.89 bits per heavy atom. The van der Waals surface area contributed by atoms with Crippen molar-refractivity contribution in [3.05, 3.63) is 42.0 Å². The molecule has 2 aromatic rings. The molecule has 0 aliphatic rings. The van der Waals surface area contributed by atoms with Gasteiger partial charge in [-0.25, -0.2) is 9.78 Å². The van der Waals surface area contributed by atoms with Crippen molar-refractivity contribution in [2.45, 2.75) is 26.5 Å². The van der Waals surface area contributed by atoms with E-state index in [-0.39, 0.29) is 24.1 Å². The second-order valence-electron chi connectivity index (χ2n) is 4.32. The van der Waals surface area contributed by atoms with E-state index in [4.69, 9.17) is 9.84 Å². The van der Waals surface area contributed by atoms with Crippen LogP contribution in [0.4, 0.5) is 0 Å². The number of pyridine rings is 1. The van der Waals surface area contributed by atoms with E-state index in [2.05, 4.69) is 10.1 Å². The lowest BCUT2D eigenvalue weighted by atomic mass is 10.3. The maximum atomic E-state index is 11.0. The molecule has 6 heteroatoms. The largest absolute Gasteiger partial charge is 0.485 e. The van der Waals surface area contributed by atoms with E-state index < -0.39 is 5.97 Å². The number of hydrogen-bond donors (Lipinski definition) is 1. The number of ether oxygens (including phenoxy) is 1. The van der Waals surface area contributed by atoms with E-state index in [1.807, 2.05) is 30.8 Å². The summed E-state index contributed by atoms with van der Waals surface area (Å²) in [5.74, 6) is -0.864. The van der Waals surface area contributed by atoms with Gasteiger partial charge in [0, 0.05) is 18.4 Å². The SMILES string of the molecule is CC(C)n1ccc(COc2cccnc2C(=O)O)n1. The quantitative estimate of drug-likeness (QED) is 0.892. The number of aromatic carboxylic acids is 1. The minimum absolute atomic E-state index is 0.0919. The molecule has 6 nitrogen and oxygen atoms in total. The molecule has 0 saturated heterocycles. The first-order chi connectivity index (χ1) is 9.08. The van der Waals surface area contributed by atoms with Crippen LogP contribution in [0.1, 0.15) is 36.1 Å². The summed E-state index contributed by atoms with van der Waals surface area (Å²) in [4.78, 5) is 14.7. The van der Waals surface area contributed by atoms with Gasteiger partial charge in [0.15, 0.2) is 11.4 Å². The third-order valence-electron chi connectivity index (χ3n) is 2.54. The van der Waals surface area contributed by atoms with E-state index >= 15 is 0 Å². The van der Waals surface area contributed by atoms with Gasteiger partial charge in [-0.15, -0.1) is 0 Å². The van der Waals surface area contributed by atoms with Crippen molar-refractivity contribution in [2.24, 2.45) is 0 Å². The van der Waals surface area contributed by atoms with Gasteiger partial charge in [0.05, 0.1) is 5.69 Å². The summed E-state index contributed by atoms with van der Waals surface area (Å²) in [7, 11) is 0. The van der Waals surface area contributed by atoms with Crippen LogP contribution in [0.25, 0.3) is 0 Å². The van der Waals surface area contributed by atoms with Crippen LogP contribution in [0, 0.1) is 0 Å². The van der Waals surface area contributed by atoms with Crippen molar-refractivity contribution >= 4 is 5.97 Å². The Kier molecular flexibility index (Phi) is 3.79. The van der Waals surface area contributed by atoms with Gasteiger partial charge in [-0.2, -0.15) is 5.10 Å². The van der Waals surface area contributed by atoms with Gasteiger partial charge >= 0.3 is 5.97 Å². The van der Waals surface area contributed by atoms with Crippen molar-refractivity contribution in [1.29, 1.82) is 0 Å². The van der Waals surface area contributed by atoms with Crippen molar-refractivity contribution in [3.63, 3.8) is 0 Å². The van der Waals surface area contributed by atoms with Crippen LogP contribution < -0.4 is 4.74 Å². The third kappa shape index (κ3) is 3.09. The smallest absolute Gasteiger partial charge is 0.358 e. The van der Waals surface area contributed by atoms with Crippen LogP contribution >= 0.6 is 0 Å². The first kappa shape index (κ1) is 13.1. The summed E-state index contributed by atoms with van der Waals surface area (Å²) in [6.45, 7) is 4.27. The molecule has 0 amide bonds. The Morgan fingerprint density at radius 1 is 1.47 bits per heavy atom. The molecule has 0 aliphatic heterocycles. The van der Waals surface area contributed by atoms with Crippen LogP contribution in [-0.2, 0) is 6.61 Å². The maximum absolute atomic E-state index is 11.0. The molecule has 2 aromatic heterocycles. The molecule has 0 bridgehead atoms. The van der Waals surface area contributed by atoms with Crippen LogP contribution in [0.15, 0.2) is 30.6 Å². The normalized spacial score (nSPS) is 10.7. The predicted octanol–water partition coefficient (Wildman–Crippen LogP) is 2.14. The molecule has 100 valence electrons. The molecule has 0 fully saturated rings. The van der Waals surface area contributed by atoms with Gasteiger partial charge in [-0.3, -0.25) is 4.68 Å². The zero-order chi connectivity index (χ0) is 13.8. The van der Waals surface area contributed by atoms with E-state index in [9.17, 15) is 4.79 Å². The van der Waals surface area contributed by atoms with Gasteiger partial charge in [0.2, 0.25) is 0 Å². The van der Waals surface area contributed by atoms with Gasteiger partial charge in [0.1, 0.15) is 6.61 Å². The van der Waals surface area contributed by atoms with Crippen molar-refractivity contribution < 1.29 is 14.6 Å². The predicted molar refractivity (Wildman–Crippen MR) is 68.1 cm³/mol. The fourth-order valence-electron chi connectivity index (χ4n) is 1.56. The van der Waals surface area contributed by atoms with E-state index in [1.54, 1.807) is 12.1 Å². The van der Waals surface area contributed by atoms with E-state index in [0.29, 0.717) is 0 Å². The Hall–Kier alpha value is -2.37. The fourth-order valence-corrected chi connectivity index (χ4v) is 1.56. The molecule has 2 heterocycles. The standard InChI is InChI=1S/C13H15N3O3/c1-9(2)16-7-5-10(15-16)8-19-11-4-3-6-14-12(11)13(17)18/h3-7,9H,8H2,1-2H3,(H,17,18). The minimum Gasteiger partial charge on any atom is -0.485 e. The molecule has 0 radical (unpaired) electrons. The Morgan fingerprint density at radius 2 is 2.26 bits per heavy atom. The number of carbonyl (C=O) groups is 1. The van der Waals surface area contributed by atoms with Gasteiger partial charge < -0.3 is 9.84 Å². The van der Waals surface area contributed by atoms with Gasteiger partial charge in [-0.05, 0) is 32.0 Å². The molecule has 2 rings (SSSR count). The van der Waals surface area contributed by atoms with Gasteiger partial charge in [-0.1, -0.05) is 0 Å². The molecule has 0 saturated carbocycles. The summed E-state index contributed by atoms with van der Waals surface area (Å²) >= 11 is 0. The second kappa shape index (κ2) is 5.51. The molecule has 0 spiro atoms. The molecular weight excluding hydrogens is 246 g/mol. The topological polar surface area (TPSA) is 77.2 Å². The number of nitrogens with zero attached hydrogens (tertiary/aromatic N) is 3. The van der Waals surface area contributed by atoms with E-state index in [0.717, 1.165) is 5.69 Å². The summed E-state index contributed by atoms with van der Waals surface area (Å²) in [5.41, 5.74) is 0.652. The second-order valence-corrected chi connectivity index (χ2v) is 4.32. The monoisotopic (exact) mass is 261 g/mol. The first-order valence-electron chi connectivity index (χ1n) is 5.93. The van der Waals surface area contributed by atoms with Crippen LogP contribution in [-0.4, -0.2) is 25.8 Å². The molecule has 0 atom stereocenters. The lowest BCUT2D eigenvalue weighted by molar-refractivity contribution is 0.0684. The lowest BCUT2D eigenvalue weighted by Gasteiger charge is -2.07. The van der Waals surface area contributed by atoms with Gasteiger partial charge in [0.25, 0.3) is 0 Å². The molecule has 19 heavy (non-hydrogen) atoms. The van der Waals surface area contributed by atoms with Crippen molar-refractivity contribution in [1.82, 2.24) is 14.8 Å². The highest BCUT2D eigenvalue weighted by Crippen LogP contribution is 2.16. The Bertz CT molecular complexity index is 578. The Balaban J connectivity index is 2.08. The van der Waals surface area contributed by atoms with Crippen LogP contribution in [0.5, 0.6) is 5.75 Å². The number of aromatic nitrogens is 3. The summed E-state index contributed by atoms with van der Waals surface area (Å²) in [6, 6.07) is 5.34. The highest BCUT2D eigenvalue weighted by molar-refractivity contribution is 5.88. The molecule has 0 aliphatic carbocycles. The highest BCUT2D eigenvalue weighted by Gasteiger charge is 2.12. The average Bonchev–Trinajstić information content (AvgIpc) is 2.85.